The minimum atomic E-state index is -4.86. The highest BCUT2D eigenvalue weighted by atomic mass is 32.2. The van der Waals surface area contributed by atoms with Crippen LogP contribution in [-0.4, -0.2) is 13.0 Å². The Hall–Kier alpha value is -1.53. The summed E-state index contributed by atoms with van der Waals surface area (Å²) in [5.41, 5.74) is 0.187. The first-order chi connectivity index (χ1) is 8.12. The molecule has 0 atom stereocenters. The average molecular weight is 274 g/mol. The zero-order chi connectivity index (χ0) is 14.2. The molecule has 1 N–H and O–H groups in total. The second-order valence-electron chi connectivity index (χ2n) is 3.83. The van der Waals surface area contributed by atoms with Crippen molar-refractivity contribution in [1.82, 2.24) is 0 Å². The Morgan fingerprint density at radius 2 is 1.83 bits per heavy atom. The molecule has 3 nitrogen and oxygen atoms in total. The highest BCUT2D eigenvalue weighted by molar-refractivity contribution is 7.85. The van der Waals surface area contributed by atoms with Crippen LogP contribution in [0, 0.1) is 18.6 Å². The average Bonchev–Trinajstić information content (AvgIpc) is 2.20. The predicted octanol–water partition coefficient (Wildman–Crippen LogP) is 3.20. The van der Waals surface area contributed by atoms with Gasteiger partial charge in [-0.2, -0.15) is 8.42 Å². The minimum absolute atomic E-state index is 0.0983. The molecule has 1 aromatic rings. The van der Waals surface area contributed by atoms with Crippen molar-refractivity contribution in [2.24, 2.45) is 0 Å². The fourth-order valence-corrected chi connectivity index (χ4v) is 2.66. The lowest BCUT2D eigenvalue weighted by Gasteiger charge is -2.15. The van der Waals surface area contributed by atoms with E-state index in [1.54, 1.807) is 0 Å². The van der Waals surface area contributed by atoms with Gasteiger partial charge in [0.05, 0.1) is 0 Å². The van der Waals surface area contributed by atoms with Gasteiger partial charge in [-0.05, 0) is 25.0 Å². The van der Waals surface area contributed by atoms with E-state index in [-0.39, 0.29) is 16.7 Å². The normalized spacial score (nSPS) is 11.4. The molecule has 98 valence electrons. The van der Waals surface area contributed by atoms with E-state index in [1.165, 1.54) is 13.8 Å². The molecule has 0 saturated carbocycles. The Balaban J connectivity index is 4.03. The van der Waals surface area contributed by atoms with Gasteiger partial charge < -0.3 is 0 Å². The summed E-state index contributed by atoms with van der Waals surface area (Å²) >= 11 is 0. The Kier molecular flexibility index (Phi) is 3.73. The van der Waals surface area contributed by atoms with Gasteiger partial charge in [0.2, 0.25) is 0 Å². The molecule has 0 aromatic heterocycles. The summed E-state index contributed by atoms with van der Waals surface area (Å²) in [6, 6.07) is 0. The zero-order valence-corrected chi connectivity index (χ0v) is 10.7. The van der Waals surface area contributed by atoms with E-state index in [0.29, 0.717) is 5.57 Å². The molecule has 0 aliphatic carbocycles. The smallest absolute Gasteiger partial charge is 0.282 e. The summed E-state index contributed by atoms with van der Waals surface area (Å²) < 4.78 is 58.5. The number of allylic oxidation sites excluding steroid dienone is 1. The van der Waals surface area contributed by atoms with Crippen LogP contribution in [0.25, 0.3) is 11.6 Å². The molecule has 0 amide bonds. The lowest BCUT2D eigenvalue weighted by Crippen LogP contribution is -2.11. The van der Waals surface area contributed by atoms with Crippen LogP contribution < -0.4 is 0 Å². The van der Waals surface area contributed by atoms with Gasteiger partial charge in [-0.25, -0.2) is 8.78 Å². The van der Waals surface area contributed by atoms with Crippen LogP contribution in [-0.2, 0) is 10.1 Å². The molecule has 1 aromatic carbocycles. The standard InChI is InChI=1S/C12H12F2O3S/c1-5-8-9(6(2)3)7(4)12(18(15,16)17)11(14)10(8)13/h5H,1-2H2,3-4H3,(H,15,16,17). The highest BCUT2D eigenvalue weighted by Gasteiger charge is 2.28. The molecule has 18 heavy (non-hydrogen) atoms. The Morgan fingerprint density at radius 1 is 1.33 bits per heavy atom. The fourth-order valence-electron chi connectivity index (χ4n) is 1.86. The summed E-state index contributed by atoms with van der Waals surface area (Å²) in [6.45, 7) is 9.71. The van der Waals surface area contributed by atoms with E-state index in [9.17, 15) is 17.2 Å². The molecular weight excluding hydrogens is 262 g/mol. The Bertz CT molecular complexity index is 646. The molecule has 0 spiro atoms. The van der Waals surface area contributed by atoms with Gasteiger partial charge in [-0.15, -0.1) is 0 Å². The molecule has 0 bridgehead atoms. The van der Waals surface area contributed by atoms with E-state index in [2.05, 4.69) is 13.2 Å². The second kappa shape index (κ2) is 4.62. The first kappa shape index (κ1) is 14.5. The van der Waals surface area contributed by atoms with E-state index in [1.807, 2.05) is 0 Å². The SMILES string of the molecule is C=Cc1c(F)c(F)c(S(=O)(=O)O)c(C)c1C(=C)C. The van der Waals surface area contributed by atoms with Crippen LogP contribution in [0.2, 0.25) is 0 Å². The number of halogens is 2. The van der Waals surface area contributed by atoms with Crippen LogP contribution in [0.1, 0.15) is 23.6 Å². The highest BCUT2D eigenvalue weighted by Crippen LogP contribution is 2.33. The molecule has 0 heterocycles. The molecule has 6 heteroatoms. The van der Waals surface area contributed by atoms with Crippen molar-refractivity contribution in [1.29, 1.82) is 0 Å². The van der Waals surface area contributed by atoms with Gasteiger partial charge in [-0.1, -0.05) is 24.8 Å². The van der Waals surface area contributed by atoms with Gasteiger partial charge in [0.15, 0.2) is 11.6 Å². The van der Waals surface area contributed by atoms with Crippen molar-refractivity contribution in [2.45, 2.75) is 18.7 Å². The van der Waals surface area contributed by atoms with Gasteiger partial charge in [-0.3, -0.25) is 4.55 Å². The van der Waals surface area contributed by atoms with Gasteiger partial charge in [0.25, 0.3) is 10.1 Å². The van der Waals surface area contributed by atoms with E-state index in [0.717, 1.165) is 6.08 Å². The fraction of sp³-hybridized carbons (Fsp3) is 0.167. The lowest BCUT2D eigenvalue weighted by atomic mass is 9.96. The molecule has 0 fully saturated rings. The van der Waals surface area contributed by atoms with E-state index < -0.39 is 26.6 Å². The maximum absolute atomic E-state index is 13.7. The lowest BCUT2D eigenvalue weighted by molar-refractivity contribution is 0.451. The van der Waals surface area contributed by atoms with Crippen molar-refractivity contribution in [3.63, 3.8) is 0 Å². The van der Waals surface area contributed by atoms with Crippen molar-refractivity contribution in [3.8, 4) is 0 Å². The maximum Gasteiger partial charge on any atom is 0.297 e. The van der Waals surface area contributed by atoms with Crippen LogP contribution in [0.15, 0.2) is 18.1 Å². The van der Waals surface area contributed by atoms with Crippen molar-refractivity contribution in [2.75, 3.05) is 0 Å². The Morgan fingerprint density at radius 3 is 2.17 bits per heavy atom. The van der Waals surface area contributed by atoms with Crippen LogP contribution >= 0.6 is 0 Å². The molecule has 0 radical (unpaired) electrons. The number of hydrogen-bond donors (Lipinski definition) is 1. The Labute approximate surface area is 104 Å². The summed E-state index contributed by atoms with van der Waals surface area (Å²) in [6.07, 6.45) is 1.07. The summed E-state index contributed by atoms with van der Waals surface area (Å²) in [5.74, 6) is -2.99. The maximum atomic E-state index is 13.7. The summed E-state index contributed by atoms with van der Waals surface area (Å²) in [5, 5.41) is 0. The van der Waals surface area contributed by atoms with E-state index >= 15 is 0 Å². The van der Waals surface area contributed by atoms with Crippen molar-refractivity contribution >= 4 is 21.8 Å². The third-order valence-corrected chi connectivity index (χ3v) is 3.50. The molecule has 0 aliphatic rings. The van der Waals surface area contributed by atoms with Crippen molar-refractivity contribution < 1.29 is 21.8 Å². The molecule has 1 rings (SSSR count). The van der Waals surface area contributed by atoms with Gasteiger partial charge in [0, 0.05) is 5.56 Å². The minimum Gasteiger partial charge on any atom is -0.282 e. The molecule has 0 aliphatic heterocycles. The predicted molar refractivity (Wildman–Crippen MR) is 65.7 cm³/mol. The second-order valence-corrected chi connectivity index (χ2v) is 5.19. The largest absolute Gasteiger partial charge is 0.297 e. The quantitative estimate of drug-likeness (QED) is 0.861. The monoisotopic (exact) mass is 274 g/mol. The van der Waals surface area contributed by atoms with Crippen LogP contribution in [0.3, 0.4) is 0 Å². The molecule has 0 saturated heterocycles. The number of rotatable bonds is 3. The third kappa shape index (κ3) is 2.21. The van der Waals surface area contributed by atoms with E-state index in [4.69, 9.17) is 4.55 Å². The first-order valence-electron chi connectivity index (χ1n) is 4.90. The zero-order valence-electron chi connectivity index (χ0n) is 9.92. The summed E-state index contributed by atoms with van der Waals surface area (Å²) in [4.78, 5) is -1.07. The van der Waals surface area contributed by atoms with Crippen LogP contribution in [0.5, 0.6) is 0 Å². The number of benzene rings is 1. The third-order valence-electron chi connectivity index (χ3n) is 2.50. The first-order valence-corrected chi connectivity index (χ1v) is 6.34. The van der Waals surface area contributed by atoms with Crippen LogP contribution in [0.4, 0.5) is 8.78 Å². The van der Waals surface area contributed by atoms with Gasteiger partial charge >= 0.3 is 0 Å². The number of hydrogen-bond acceptors (Lipinski definition) is 2. The van der Waals surface area contributed by atoms with Gasteiger partial charge in [0.1, 0.15) is 4.90 Å². The summed E-state index contributed by atoms with van der Waals surface area (Å²) in [7, 11) is -4.86. The van der Waals surface area contributed by atoms with Crippen molar-refractivity contribution in [3.05, 3.63) is 41.5 Å². The molecular formula is C12H12F2O3S. The topological polar surface area (TPSA) is 54.4 Å². The molecule has 0 unspecified atom stereocenters.